The molecule has 0 radical (unpaired) electrons. The summed E-state index contributed by atoms with van der Waals surface area (Å²) < 4.78 is 38.6. The quantitative estimate of drug-likeness (QED) is 0.180. The van der Waals surface area contributed by atoms with Crippen LogP contribution in [0.25, 0.3) is 22.3 Å². The lowest BCUT2D eigenvalue weighted by Crippen LogP contribution is -2.42. The van der Waals surface area contributed by atoms with E-state index in [1.54, 1.807) is 36.4 Å². The number of nitrogens with zero attached hydrogens (tertiary/aromatic N) is 1. The van der Waals surface area contributed by atoms with Crippen molar-refractivity contribution in [3.8, 4) is 28.0 Å². The molecule has 0 saturated heterocycles. The third kappa shape index (κ3) is 6.44. The number of nitro groups is 1. The zero-order valence-corrected chi connectivity index (χ0v) is 20.6. The molecule has 0 aliphatic heterocycles. The highest BCUT2D eigenvalue weighted by Crippen LogP contribution is 2.32. The van der Waals surface area contributed by atoms with Crippen molar-refractivity contribution in [1.82, 2.24) is 5.32 Å². The summed E-state index contributed by atoms with van der Waals surface area (Å²) in [5, 5.41) is 33.2. The molecule has 1 amide bonds. The smallest absolute Gasteiger partial charge is 0.416 e. The molecule has 0 bridgehead atoms. The highest BCUT2D eigenvalue weighted by atomic mass is 19.4. The number of rotatable bonds is 8. The van der Waals surface area contributed by atoms with Gasteiger partial charge in [0.2, 0.25) is 0 Å². The number of alkyl halides is 3. The highest BCUT2D eigenvalue weighted by Gasteiger charge is 2.30. The average molecular weight is 550 g/mol. The summed E-state index contributed by atoms with van der Waals surface area (Å²) in [6, 6.07) is 19.5. The molecule has 1 atom stereocenters. The van der Waals surface area contributed by atoms with Crippen molar-refractivity contribution in [2.45, 2.75) is 18.6 Å². The number of carbonyl (C=O) groups is 2. The lowest BCUT2D eigenvalue weighted by molar-refractivity contribution is -0.384. The molecule has 4 rings (SSSR count). The van der Waals surface area contributed by atoms with E-state index in [2.05, 4.69) is 5.32 Å². The zero-order chi connectivity index (χ0) is 29.0. The molecule has 4 aromatic rings. The van der Waals surface area contributed by atoms with Crippen molar-refractivity contribution in [2.24, 2.45) is 0 Å². The van der Waals surface area contributed by atoms with Gasteiger partial charge in [0.25, 0.3) is 11.6 Å². The number of non-ortho nitro benzene ring substituents is 1. The fourth-order valence-electron chi connectivity index (χ4n) is 4.03. The van der Waals surface area contributed by atoms with Crippen molar-refractivity contribution >= 4 is 17.6 Å². The van der Waals surface area contributed by atoms with Crippen LogP contribution in [0.1, 0.15) is 21.5 Å². The van der Waals surface area contributed by atoms with Crippen LogP contribution in [0.2, 0.25) is 0 Å². The molecule has 0 aliphatic carbocycles. The van der Waals surface area contributed by atoms with E-state index < -0.39 is 40.3 Å². The second-order valence-corrected chi connectivity index (χ2v) is 8.88. The van der Waals surface area contributed by atoms with Gasteiger partial charge in [-0.3, -0.25) is 14.9 Å². The van der Waals surface area contributed by atoms with Crippen LogP contribution in [0.3, 0.4) is 0 Å². The fraction of sp³-hybridized carbons (Fsp3) is 0.103. The van der Waals surface area contributed by atoms with Crippen molar-refractivity contribution in [3.05, 3.63) is 118 Å². The van der Waals surface area contributed by atoms with Crippen LogP contribution in [0.5, 0.6) is 5.75 Å². The summed E-state index contributed by atoms with van der Waals surface area (Å²) in [6.07, 6.45) is -4.59. The maximum Gasteiger partial charge on any atom is 0.416 e. The number of phenols is 1. The van der Waals surface area contributed by atoms with E-state index in [9.17, 15) is 43.1 Å². The number of nitrogens with one attached hydrogen (secondary N) is 1. The van der Waals surface area contributed by atoms with E-state index in [1.807, 2.05) is 0 Å². The van der Waals surface area contributed by atoms with Crippen LogP contribution in [0.4, 0.5) is 18.9 Å². The maximum atomic E-state index is 12.9. The number of aromatic hydroxyl groups is 1. The number of benzene rings is 4. The first kappa shape index (κ1) is 27.8. The number of phenolic OH excluding ortho intramolecular Hbond substituents is 1. The number of hydrogen-bond acceptors (Lipinski definition) is 5. The molecule has 0 aromatic heterocycles. The van der Waals surface area contributed by atoms with Gasteiger partial charge < -0.3 is 15.5 Å². The number of carboxylic acid groups (broad SMARTS) is 1. The number of halogens is 3. The summed E-state index contributed by atoms with van der Waals surface area (Å²) in [7, 11) is 0. The minimum absolute atomic E-state index is 0.0451. The Labute approximate surface area is 225 Å². The highest BCUT2D eigenvalue weighted by molar-refractivity contribution is 6.00. The molecular formula is C29H21F3N2O6. The molecule has 0 aliphatic rings. The van der Waals surface area contributed by atoms with Crippen LogP contribution in [-0.2, 0) is 17.4 Å². The van der Waals surface area contributed by atoms with E-state index in [1.165, 1.54) is 42.5 Å². The lowest BCUT2D eigenvalue weighted by Gasteiger charge is -2.16. The van der Waals surface area contributed by atoms with Gasteiger partial charge in [0.15, 0.2) is 0 Å². The Balaban J connectivity index is 1.49. The number of hydrogen-bond donors (Lipinski definition) is 3. The van der Waals surface area contributed by atoms with Crippen LogP contribution in [-0.4, -0.2) is 33.1 Å². The molecule has 0 fully saturated rings. The third-order valence-electron chi connectivity index (χ3n) is 6.20. The molecule has 8 nitrogen and oxygen atoms in total. The Morgan fingerprint density at radius 1 is 0.825 bits per heavy atom. The molecule has 11 heteroatoms. The normalized spacial score (nSPS) is 12.0. The van der Waals surface area contributed by atoms with Gasteiger partial charge in [-0.25, -0.2) is 4.79 Å². The Kier molecular flexibility index (Phi) is 7.85. The van der Waals surface area contributed by atoms with E-state index in [0.29, 0.717) is 16.7 Å². The second-order valence-electron chi connectivity index (χ2n) is 8.88. The monoisotopic (exact) mass is 550 g/mol. The van der Waals surface area contributed by atoms with E-state index in [0.717, 1.165) is 23.3 Å². The van der Waals surface area contributed by atoms with Crippen LogP contribution in [0.15, 0.2) is 91.0 Å². The van der Waals surface area contributed by atoms with Gasteiger partial charge in [-0.05, 0) is 64.2 Å². The fourth-order valence-corrected chi connectivity index (χ4v) is 4.03. The number of carbonyl (C=O) groups excluding carboxylic acids is 1. The van der Waals surface area contributed by atoms with Gasteiger partial charge in [-0.1, -0.05) is 42.5 Å². The Bertz CT molecular complexity index is 1550. The number of nitro benzene ring substituents is 1. The predicted octanol–water partition coefficient (Wildman–Crippen LogP) is 6.08. The average Bonchev–Trinajstić information content (AvgIpc) is 2.93. The summed E-state index contributed by atoms with van der Waals surface area (Å²) in [4.78, 5) is 35.2. The second kappa shape index (κ2) is 11.3. The predicted molar refractivity (Wildman–Crippen MR) is 140 cm³/mol. The maximum absolute atomic E-state index is 12.9. The number of aliphatic carboxylic acids is 1. The third-order valence-corrected chi connectivity index (χ3v) is 6.20. The van der Waals surface area contributed by atoms with E-state index in [4.69, 9.17) is 0 Å². The van der Waals surface area contributed by atoms with Crippen LogP contribution < -0.4 is 5.32 Å². The molecule has 0 spiro atoms. The molecule has 0 heterocycles. The van der Waals surface area contributed by atoms with Crippen molar-refractivity contribution in [2.75, 3.05) is 0 Å². The van der Waals surface area contributed by atoms with Crippen molar-refractivity contribution in [1.29, 1.82) is 0 Å². The molecule has 4 aromatic carbocycles. The molecular weight excluding hydrogens is 529 g/mol. The molecule has 3 N–H and O–H groups in total. The summed E-state index contributed by atoms with van der Waals surface area (Å²) >= 11 is 0. The first-order valence-corrected chi connectivity index (χ1v) is 11.8. The summed E-state index contributed by atoms with van der Waals surface area (Å²) in [6.45, 7) is 0. The van der Waals surface area contributed by atoms with Gasteiger partial charge in [0.1, 0.15) is 11.8 Å². The summed E-state index contributed by atoms with van der Waals surface area (Å²) in [5.74, 6) is -2.61. The van der Waals surface area contributed by atoms with Crippen molar-refractivity contribution in [3.63, 3.8) is 0 Å². The molecule has 40 heavy (non-hydrogen) atoms. The van der Waals surface area contributed by atoms with Crippen LogP contribution in [0, 0.1) is 10.1 Å². The summed E-state index contributed by atoms with van der Waals surface area (Å²) in [5.41, 5.74) is 1.66. The minimum atomic E-state index is -4.50. The van der Waals surface area contributed by atoms with Gasteiger partial charge in [0, 0.05) is 18.6 Å². The topological polar surface area (TPSA) is 130 Å². The van der Waals surface area contributed by atoms with Gasteiger partial charge in [-0.2, -0.15) is 13.2 Å². The minimum Gasteiger partial charge on any atom is -0.507 e. The van der Waals surface area contributed by atoms with Gasteiger partial charge in [0.05, 0.1) is 16.1 Å². The molecule has 0 saturated carbocycles. The Hall–Kier alpha value is -5.19. The SMILES string of the molecule is O=C(NC(Cc1ccc(-c2ccc([N+](=O)[O-])cc2)cc1)C(=O)O)c1cc(-c2ccc(C(F)(F)F)cc2)ccc1O. The molecule has 1 unspecified atom stereocenters. The standard InChI is InChI=1S/C29H21F3N2O6/c30-29(31,32)22-10-5-20(6-11-22)21-9-14-26(35)24(16-21)27(36)33-25(28(37)38)15-17-1-3-18(4-2-17)19-7-12-23(13-8-19)34(39)40/h1-14,16,25,35H,15H2,(H,33,36)(H,37,38). The first-order chi connectivity index (χ1) is 18.9. The number of carboxylic acids is 1. The largest absolute Gasteiger partial charge is 0.507 e. The Morgan fingerprint density at radius 3 is 1.85 bits per heavy atom. The van der Waals surface area contributed by atoms with E-state index >= 15 is 0 Å². The zero-order valence-electron chi connectivity index (χ0n) is 20.6. The van der Waals surface area contributed by atoms with Gasteiger partial charge in [-0.15, -0.1) is 0 Å². The van der Waals surface area contributed by atoms with Crippen molar-refractivity contribution < 1.29 is 37.9 Å². The van der Waals surface area contributed by atoms with E-state index in [-0.39, 0.29) is 17.7 Å². The Morgan fingerprint density at radius 2 is 1.32 bits per heavy atom. The first-order valence-electron chi connectivity index (χ1n) is 11.8. The number of amides is 1. The molecule has 204 valence electrons. The van der Waals surface area contributed by atoms with Gasteiger partial charge >= 0.3 is 12.1 Å². The lowest BCUT2D eigenvalue weighted by atomic mass is 9.99. The van der Waals surface area contributed by atoms with Crippen LogP contribution >= 0.6 is 0 Å².